The number of carboxylic acid groups (broad SMARTS) is 1. The first kappa shape index (κ1) is 44.7. The van der Waals surface area contributed by atoms with E-state index in [4.69, 9.17) is 10.5 Å². The Labute approximate surface area is 344 Å². The number of carboxylic acids is 1. The molecule has 60 heavy (non-hydrogen) atoms. The van der Waals surface area contributed by atoms with Crippen molar-refractivity contribution in [2.75, 3.05) is 13.6 Å². The summed E-state index contributed by atoms with van der Waals surface area (Å²) in [4.78, 5) is 102. The smallest absolute Gasteiger partial charge is 0.330 e. The zero-order valence-corrected chi connectivity index (χ0v) is 33.7. The van der Waals surface area contributed by atoms with Crippen LogP contribution in [0.2, 0.25) is 0 Å². The zero-order chi connectivity index (χ0) is 43.7. The number of ether oxygens (including phenoxy) is 1. The van der Waals surface area contributed by atoms with Gasteiger partial charge in [0.2, 0.25) is 17.7 Å². The summed E-state index contributed by atoms with van der Waals surface area (Å²) in [6.45, 7) is 4.97. The highest BCUT2D eigenvalue weighted by molar-refractivity contribution is 5.93. The number of aliphatic hydroxyl groups excluding tert-OH is 1. The number of carbonyl (C=O) groups excluding carboxylic acids is 4. The number of rotatable bonds is 18. The van der Waals surface area contributed by atoms with E-state index in [1.54, 1.807) is 30.7 Å². The van der Waals surface area contributed by atoms with Crippen LogP contribution in [-0.2, 0) is 36.8 Å². The molecule has 4 heterocycles. The number of aliphatic carboxylic acids is 1. The molecule has 1 aliphatic rings. The number of aromatic nitrogens is 4. The number of likely N-dealkylation sites (N-methyl/N-ethyl adjacent to an activating group) is 1. The van der Waals surface area contributed by atoms with E-state index >= 15 is 0 Å². The molecular formula is C40H52N10O10. The average molecular weight is 833 g/mol. The Kier molecular flexibility index (Phi) is 14.9. The third-order valence-electron chi connectivity index (χ3n) is 10.3. The van der Waals surface area contributed by atoms with Crippen LogP contribution in [0, 0.1) is 5.92 Å². The van der Waals surface area contributed by atoms with Crippen LogP contribution in [0.15, 0.2) is 76.8 Å². The Hall–Kier alpha value is -6.38. The molecule has 0 spiro atoms. The Bertz CT molecular complexity index is 2260. The van der Waals surface area contributed by atoms with Gasteiger partial charge in [0.05, 0.1) is 18.2 Å². The molecular weight excluding hydrogens is 780 g/mol. The van der Waals surface area contributed by atoms with Crippen molar-refractivity contribution in [2.45, 2.75) is 95.1 Å². The number of para-hydroxylation sites is 1. The maximum Gasteiger partial charge on any atom is 0.330 e. The molecule has 3 aromatic heterocycles. The molecule has 1 aliphatic heterocycles. The van der Waals surface area contributed by atoms with Crippen LogP contribution < -0.4 is 38.2 Å². The van der Waals surface area contributed by atoms with Crippen molar-refractivity contribution >= 4 is 40.6 Å². The number of nitrogens with one attached hydrogen (secondary N) is 6. The Morgan fingerprint density at radius 1 is 1.00 bits per heavy atom. The lowest BCUT2D eigenvalue weighted by molar-refractivity contribution is -0.139. The van der Waals surface area contributed by atoms with Gasteiger partial charge < -0.3 is 51.8 Å². The minimum Gasteiger partial charge on any atom is -0.480 e. The molecule has 1 unspecified atom stereocenters. The highest BCUT2D eigenvalue weighted by Crippen LogP contribution is 2.27. The van der Waals surface area contributed by atoms with E-state index in [1.165, 1.54) is 25.1 Å². The molecule has 0 bridgehead atoms. The molecule has 20 nitrogen and oxygen atoms in total. The van der Waals surface area contributed by atoms with E-state index in [0.29, 0.717) is 11.1 Å². The van der Waals surface area contributed by atoms with E-state index in [2.05, 4.69) is 36.2 Å². The fourth-order valence-electron chi connectivity index (χ4n) is 7.05. The summed E-state index contributed by atoms with van der Waals surface area (Å²) in [7, 11) is 1.43. The van der Waals surface area contributed by atoms with E-state index in [1.807, 2.05) is 38.1 Å². The van der Waals surface area contributed by atoms with Gasteiger partial charge >= 0.3 is 17.7 Å². The average Bonchev–Trinajstić information content (AvgIpc) is 3.79. The first-order valence-corrected chi connectivity index (χ1v) is 19.5. The van der Waals surface area contributed by atoms with Gasteiger partial charge in [-0.05, 0) is 48.9 Å². The highest BCUT2D eigenvalue weighted by Gasteiger charge is 2.39. The molecule has 5 amide bonds. The lowest BCUT2D eigenvalue weighted by Gasteiger charge is -2.34. The molecule has 10 N–H and O–H groups in total. The first-order valence-electron chi connectivity index (χ1n) is 19.5. The zero-order valence-electron chi connectivity index (χ0n) is 33.7. The molecule has 1 fully saturated rings. The third-order valence-corrected chi connectivity index (χ3v) is 10.3. The largest absolute Gasteiger partial charge is 0.480 e. The van der Waals surface area contributed by atoms with Crippen molar-refractivity contribution in [1.82, 2.24) is 45.7 Å². The second kappa shape index (κ2) is 20.1. The van der Waals surface area contributed by atoms with Gasteiger partial charge in [0.1, 0.15) is 24.2 Å². The predicted molar refractivity (Wildman–Crippen MR) is 217 cm³/mol. The molecule has 20 heteroatoms. The summed E-state index contributed by atoms with van der Waals surface area (Å²) in [5.41, 5.74) is 7.03. The lowest BCUT2D eigenvalue weighted by atomic mass is 10.0. The number of carbonyl (C=O) groups is 5. The number of nitrogens with zero attached hydrogens (tertiary/aromatic N) is 3. The molecule has 0 radical (unpaired) electrons. The quantitative estimate of drug-likeness (QED) is 0.0613. The van der Waals surface area contributed by atoms with Crippen LogP contribution in [-0.4, -0.2) is 120 Å². The van der Waals surface area contributed by atoms with Crippen molar-refractivity contribution in [1.29, 1.82) is 0 Å². The summed E-state index contributed by atoms with van der Waals surface area (Å²) in [5.74, 6) is -3.54. The van der Waals surface area contributed by atoms with E-state index in [9.17, 15) is 43.8 Å². The minimum absolute atomic E-state index is 0.00217. The number of aliphatic hydroxyl groups is 1. The van der Waals surface area contributed by atoms with Crippen LogP contribution in [0.5, 0.6) is 0 Å². The summed E-state index contributed by atoms with van der Waals surface area (Å²) in [5, 5.41) is 31.9. The van der Waals surface area contributed by atoms with E-state index in [-0.39, 0.29) is 38.1 Å². The number of aromatic amines is 2. The van der Waals surface area contributed by atoms with Gasteiger partial charge in [-0.3, -0.25) is 33.7 Å². The van der Waals surface area contributed by atoms with Gasteiger partial charge in [-0.15, -0.1) is 0 Å². The molecule has 0 saturated carbocycles. The number of hydrogen-bond acceptors (Lipinski definition) is 11. The molecule has 322 valence electrons. The SMILES string of the molecule is CC(C)C[C@H](NC(=O)N[C@@H](Cc1c[nH]c2ccccc12)C(=O)O)C(=O)N[C@H](C(=O)NC[C@H]1C[C@@H](O)[C@H](n2ccc(=O)[nH]c2=O)O1)[C@H](C)N(C)C(=O)C(N)Cc1cccnc1. The molecule has 5 rings (SSSR count). The minimum atomic E-state index is -1.44. The normalized spacial score (nSPS) is 18.8. The number of fused-ring (bicyclic) bond motifs is 1. The van der Waals surface area contributed by atoms with Crippen molar-refractivity contribution in [3.05, 3.63) is 99.2 Å². The first-order chi connectivity index (χ1) is 28.5. The Morgan fingerprint density at radius 2 is 1.73 bits per heavy atom. The van der Waals surface area contributed by atoms with Crippen LogP contribution in [0.1, 0.15) is 51.0 Å². The van der Waals surface area contributed by atoms with Gasteiger partial charge in [0.15, 0.2) is 6.23 Å². The molecule has 0 aliphatic carbocycles. The monoisotopic (exact) mass is 832 g/mol. The standard InChI is InChI=1S/C40H52N10O10/c1-21(2)14-29(45-39(58)46-30(38(56)57)16-24-19-43-28-10-6-5-9-26(24)28)34(53)48-33(22(3)49(4)36(55)27(41)15-23-8-7-12-42-18-23)35(54)44-20-25-17-31(51)37(60-25)50-13-11-32(52)47-40(50)59/h5-13,18-19,21-22,25,27,29-31,33,37,43,51H,14-17,20,41H2,1-4H3,(H,44,54)(H,48,53)(H,56,57)(H2,45,46,58)(H,47,52,59)/t22-,25+,27?,29-,30-,31+,33-,37+/m0/s1. The summed E-state index contributed by atoms with van der Waals surface area (Å²) >= 11 is 0. The van der Waals surface area contributed by atoms with Gasteiger partial charge in [-0.25, -0.2) is 14.4 Å². The topological polar surface area (TPSA) is 296 Å². The number of urea groups is 1. The van der Waals surface area contributed by atoms with Gasteiger partial charge in [0.25, 0.3) is 5.56 Å². The third kappa shape index (κ3) is 11.4. The lowest BCUT2D eigenvalue weighted by Crippen LogP contribution is -2.63. The summed E-state index contributed by atoms with van der Waals surface area (Å²) in [6, 6.07) is 4.84. The van der Waals surface area contributed by atoms with Crippen LogP contribution in [0.4, 0.5) is 4.79 Å². The molecule has 1 saturated heterocycles. The van der Waals surface area contributed by atoms with Crippen molar-refractivity contribution in [3.8, 4) is 0 Å². The molecule has 1 aromatic carbocycles. The maximum atomic E-state index is 14.1. The van der Waals surface area contributed by atoms with E-state index in [0.717, 1.165) is 21.5 Å². The molecule has 8 atom stereocenters. The number of H-pyrrole nitrogens is 2. The molecule has 4 aromatic rings. The van der Waals surface area contributed by atoms with Crippen LogP contribution in [0.3, 0.4) is 0 Å². The van der Waals surface area contributed by atoms with Crippen LogP contribution >= 0.6 is 0 Å². The van der Waals surface area contributed by atoms with Crippen molar-refractivity contribution in [3.63, 3.8) is 0 Å². The fraction of sp³-hybridized carbons (Fsp3) is 0.450. The van der Waals surface area contributed by atoms with Gasteiger partial charge in [-0.2, -0.15) is 0 Å². The number of nitrogens with two attached hydrogens (primary N) is 1. The van der Waals surface area contributed by atoms with Crippen molar-refractivity contribution in [2.24, 2.45) is 11.7 Å². The van der Waals surface area contributed by atoms with Crippen molar-refractivity contribution < 1.29 is 38.9 Å². The maximum absolute atomic E-state index is 14.1. The van der Waals surface area contributed by atoms with Gasteiger partial charge in [0, 0.05) is 68.2 Å². The second-order valence-corrected chi connectivity index (χ2v) is 15.3. The predicted octanol–water partition coefficient (Wildman–Crippen LogP) is -0.511. The summed E-state index contributed by atoms with van der Waals surface area (Å²) in [6.07, 6.45) is 3.04. The Balaban J connectivity index is 1.31. The highest BCUT2D eigenvalue weighted by atomic mass is 16.5. The summed E-state index contributed by atoms with van der Waals surface area (Å²) < 4.78 is 6.88. The number of benzene rings is 1. The second-order valence-electron chi connectivity index (χ2n) is 15.3. The van der Waals surface area contributed by atoms with Crippen LogP contribution in [0.25, 0.3) is 10.9 Å². The van der Waals surface area contributed by atoms with E-state index < -0.39 is 89.6 Å². The number of amides is 5. The Morgan fingerprint density at radius 3 is 2.42 bits per heavy atom. The van der Waals surface area contributed by atoms with Gasteiger partial charge in [-0.1, -0.05) is 38.1 Å². The number of hydrogen-bond donors (Lipinski definition) is 9. The number of pyridine rings is 1. The fourth-order valence-corrected chi connectivity index (χ4v) is 7.05.